The van der Waals surface area contributed by atoms with E-state index in [4.69, 9.17) is 0 Å². The second-order valence-electron chi connectivity index (χ2n) is 2.89. The van der Waals surface area contributed by atoms with Crippen LogP contribution in [0.4, 0.5) is 0 Å². The van der Waals surface area contributed by atoms with Crippen molar-refractivity contribution < 1.29 is 8.42 Å². The first-order chi connectivity index (χ1) is 6.63. The number of hydrogen-bond donors (Lipinski definition) is 1. The number of aromatic nitrogens is 3. The Hall–Kier alpha value is -1.43. The van der Waals surface area contributed by atoms with Crippen LogP contribution >= 0.6 is 0 Å². The summed E-state index contributed by atoms with van der Waals surface area (Å²) in [5.41, 5.74) is 1.31. The van der Waals surface area contributed by atoms with Crippen molar-refractivity contribution in [3.05, 3.63) is 18.2 Å². The second-order valence-corrected chi connectivity index (χ2v) is 5.17. The molecule has 0 amide bonds. The van der Waals surface area contributed by atoms with Crippen molar-refractivity contribution in [2.75, 3.05) is 5.75 Å². The zero-order chi connectivity index (χ0) is 10.2. The molecule has 1 N–H and O–H groups in total. The number of benzene rings is 1. The fraction of sp³-hybridized carbons (Fsp3) is 0.250. The molecule has 2 rings (SSSR count). The van der Waals surface area contributed by atoms with Crippen LogP contribution in [0.15, 0.2) is 23.1 Å². The summed E-state index contributed by atoms with van der Waals surface area (Å²) in [5, 5.41) is 10.00. The van der Waals surface area contributed by atoms with Crippen molar-refractivity contribution in [3.63, 3.8) is 0 Å². The number of fused-ring (bicyclic) bond motifs is 1. The average molecular weight is 211 g/mol. The summed E-state index contributed by atoms with van der Waals surface area (Å²) < 4.78 is 23.0. The molecule has 0 fully saturated rings. The van der Waals surface area contributed by atoms with Crippen LogP contribution in [0.2, 0.25) is 0 Å². The number of aromatic amines is 1. The predicted molar refractivity (Wildman–Crippen MR) is 51.6 cm³/mol. The largest absolute Gasteiger partial charge is 0.258 e. The Labute approximate surface area is 81.1 Å². The van der Waals surface area contributed by atoms with Gasteiger partial charge in [-0.05, 0) is 18.2 Å². The quantitative estimate of drug-likeness (QED) is 0.795. The van der Waals surface area contributed by atoms with Crippen LogP contribution < -0.4 is 0 Å². The Balaban J connectivity index is 2.65. The summed E-state index contributed by atoms with van der Waals surface area (Å²) in [5.74, 6) is 0.0936. The van der Waals surface area contributed by atoms with Gasteiger partial charge in [-0.3, -0.25) is 5.10 Å². The van der Waals surface area contributed by atoms with Gasteiger partial charge >= 0.3 is 0 Å². The molecule has 0 spiro atoms. The topological polar surface area (TPSA) is 75.7 Å². The predicted octanol–water partition coefficient (Wildman–Crippen LogP) is 0.751. The van der Waals surface area contributed by atoms with Gasteiger partial charge in [-0.25, -0.2) is 8.42 Å². The Morgan fingerprint density at radius 3 is 2.93 bits per heavy atom. The average Bonchev–Trinajstić information content (AvgIpc) is 2.64. The molecule has 0 aliphatic rings. The van der Waals surface area contributed by atoms with E-state index in [0.29, 0.717) is 10.4 Å². The van der Waals surface area contributed by atoms with Crippen molar-refractivity contribution >= 4 is 20.9 Å². The van der Waals surface area contributed by atoms with Crippen molar-refractivity contribution in [2.45, 2.75) is 11.8 Å². The maximum Gasteiger partial charge on any atom is 0.178 e. The Morgan fingerprint density at radius 2 is 2.21 bits per heavy atom. The first kappa shape index (κ1) is 9.14. The van der Waals surface area contributed by atoms with E-state index in [2.05, 4.69) is 15.4 Å². The standard InChI is InChI=1S/C8H9N3O2S/c1-2-14(12,13)6-3-4-7-8(5-6)10-11-9-7/h3-5H,2H2,1H3,(H,9,10,11). The van der Waals surface area contributed by atoms with Crippen LogP contribution in [0.5, 0.6) is 0 Å². The Morgan fingerprint density at radius 1 is 1.43 bits per heavy atom. The van der Waals surface area contributed by atoms with Gasteiger partial charge in [-0.1, -0.05) is 12.1 Å². The van der Waals surface area contributed by atoms with Gasteiger partial charge in [-0.2, -0.15) is 0 Å². The molecule has 2 aromatic rings. The van der Waals surface area contributed by atoms with E-state index in [1.165, 1.54) is 6.07 Å². The van der Waals surface area contributed by atoms with Crippen LogP contribution in [0.3, 0.4) is 0 Å². The lowest BCUT2D eigenvalue weighted by Crippen LogP contribution is -2.03. The Kier molecular flexibility index (Phi) is 1.99. The molecule has 74 valence electrons. The number of hydrogen-bond acceptors (Lipinski definition) is 4. The molecule has 0 aliphatic heterocycles. The monoisotopic (exact) mass is 211 g/mol. The molecule has 0 atom stereocenters. The molecule has 1 aromatic carbocycles. The molecular formula is C8H9N3O2S. The van der Waals surface area contributed by atoms with Gasteiger partial charge in [0.25, 0.3) is 0 Å². The Bertz CT molecular complexity index is 559. The molecule has 0 radical (unpaired) electrons. The number of nitrogens with one attached hydrogen (secondary N) is 1. The van der Waals surface area contributed by atoms with Gasteiger partial charge in [0.15, 0.2) is 9.84 Å². The van der Waals surface area contributed by atoms with Gasteiger partial charge in [0.1, 0.15) is 5.52 Å². The minimum absolute atomic E-state index is 0.0936. The van der Waals surface area contributed by atoms with E-state index in [0.717, 1.165) is 5.52 Å². The van der Waals surface area contributed by atoms with E-state index in [1.807, 2.05) is 0 Å². The molecular weight excluding hydrogens is 202 g/mol. The number of nitrogens with zero attached hydrogens (tertiary/aromatic N) is 2. The van der Waals surface area contributed by atoms with E-state index < -0.39 is 9.84 Å². The summed E-state index contributed by atoms with van der Waals surface area (Å²) in [6.45, 7) is 1.61. The smallest absolute Gasteiger partial charge is 0.178 e. The van der Waals surface area contributed by atoms with Gasteiger partial charge in [0, 0.05) is 0 Å². The molecule has 0 aliphatic carbocycles. The first-order valence-electron chi connectivity index (χ1n) is 4.17. The third kappa shape index (κ3) is 1.37. The maximum absolute atomic E-state index is 11.5. The molecule has 0 bridgehead atoms. The molecule has 0 unspecified atom stereocenters. The van der Waals surface area contributed by atoms with Gasteiger partial charge in [-0.15, -0.1) is 5.10 Å². The molecule has 1 heterocycles. The van der Waals surface area contributed by atoms with Gasteiger partial charge < -0.3 is 0 Å². The highest BCUT2D eigenvalue weighted by molar-refractivity contribution is 7.91. The van der Waals surface area contributed by atoms with Crippen LogP contribution in [-0.2, 0) is 9.84 Å². The van der Waals surface area contributed by atoms with Crippen molar-refractivity contribution in [2.24, 2.45) is 0 Å². The zero-order valence-corrected chi connectivity index (χ0v) is 8.37. The minimum atomic E-state index is -3.15. The van der Waals surface area contributed by atoms with Crippen molar-refractivity contribution in [3.8, 4) is 0 Å². The molecule has 14 heavy (non-hydrogen) atoms. The maximum atomic E-state index is 11.5. The number of H-pyrrole nitrogens is 1. The van der Waals surface area contributed by atoms with E-state index in [-0.39, 0.29) is 5.75 Å². The van der Waals surface area contributed by atoms with Gasteiger partial charge in [0.2, 0.25) is 0 Å². The SMILES string of the molecule is CCS(=O)(=O)c1ccc2[nH]nnc2c1. The lowest BCUT2D eigenvalue weighted by Gasteiger charge is -1.99. The summed E-state index contributed by atoms with van der Waals surface area (Å²) in [6, 6.07) is 4.75. The molecule has 0 saturated heterocycles. The van der Waals surface area contributed by atoms with Crippen LogP contribution in [-0.4, -0.2) is 29.6 Å². The highest BCUT2D eigenvalue weighted by atomic mass is 32.2. The second kappa shape index (κ2) is 3.06. The molecule has 1 aromatic heterocycles. The summed E-state index contributed by atoms with van der Waals surface area (Å²) >= 11 is 0. The molecule has 0 saturated carbocycles. The fourth-order valence-electron chi connectivity index (χ4n) is 1.18. The van der Waals surface area contributed by atoms with Gasteiger partial charge in [0.05, 0.1) is 16.2 Å². The lowest BCUT2D eigenvalue weighted by atomic mass is 10.3. The third-order valence-corrected chi connectivity index (χ3v) is 3.77. The lowest BCUT2D eigenvalue weighted by molar-refractivity contribution is 0.597. The van der Waals surface area contributed by atoms with Crippen LogP contribution in [0.1, 0.15) is 6.92 Å². The van der Waals surface area contributed by atoms with E-state index in [1.54, 1.807) is 19.1 Å². The molecule has 5 nitrogen and oxygen atoms in total. The van der Waals surface area contributed by atoms with E-state index >= 15 is 0 Å². The highest BCUT2D eigenvalue weighted by Gasteiger charge is 2.12. The van der Waals surface area contributed by atoms with Crippen LogP contribution in [0, 0.1) is 0 Å². The van der Waals surface area contributed by atoms with Crippen molar-refractivity contribution in [1.82, 2.24) is 15.4 Å². The zero-order valence-electron chi connectivity index (χ0n) is 7.56. The summed E-state index contributed by atoms with van der Waals surface area (Å²) in [4.78, 5) is 0.293. The first-order valence-corrected chi connectivity index (χ1v) is 5.82. The molecule has 6 heteroatoms. The summed E-state index contributed by atoms with van der Waals surface area (Å²) in [6.07, 6.45) is 0. The van der Waals surface area contributed by atoms with E-state index in [9.17, 15) is 8.42 Å². The minimum Gasteiger partial charge on any atom is -0.258 e. The van der Waals surface area contributed by atoms with Crippen molar-refractivity contribution in [1.29, 1.82) is 0 Å². The number of sulfone groups is 1. The normalized spacial score (nSPS) is 12.1. The summed E-state index contributed by atoms with van der Waals surface area (Å²) in [7, 11) is -3.15. The number of rotatable bonds is 2. The van der Waals surface area contributed by atoms with Crippen LogP contribution in [0.25, 0.3) is 11.0 Å². The third-order valence-electron chi connectivity index (χ3n) is 2.04. The fourth-order valence-corrected chi connectivity index (χ4v) is 2.08. The highest BCUT2D eigenvalue weighted by Crippen LogP contribution is 2.16.